The number of nitrogens with zero attached hydrogens (tertiary/aromatic N) is 1. The van der Waals surface area contributed by atoms with Crippen molar-refractivity contribution in [3.8, 4) is 17.2 Å². The predicted molar refractivity (Wildman–Crippen MR) is 124 cm³/mol. The lowest BCUT2D eigenvalue weighted by molar-refractivity contribution is 0.223. The summed E-state index contributed by atoms with van der Waals surface area (Å²) in [6, 6.07) is 11.8. The van der Waals surface area contributed by atoms with Crippen molar-refractivity contribution in [3.63, 3.8) is 0 Å². The molecule has 0 amide bonds. The Hall–Kier alpha value is -2.23. The van der Waals surface area contributed by atoms with Crippen LogP contribution in [0.25, 0.3) is 0 Å². The molecule has 0 heterocycles. The molecule has 0 aliphatic heterocycles. The van der Waals surface area contributed by atoms with Gasteiger partial charge < -0.3 is 24.8 Å². The predicted octanol–water partition coefficient (Wildman–Crippen LogP) is 3.98. The highest BCUT2D eigenvalue weighted by atomic mass is 127. The second kappa shape index (κ2) is 13.1. The zero-order chi connectivity index (χ0) is 20.4. The average Bonchev–Trinajstić information content (AvgIpc) is 2.69. The van der Waals surface area contributed by atoms with Gasteiger partial charge in [-0.1, -0.05) is 12.1 Å². The first-order valence-corrected chi connectivity index (χ1v) is 9.21. The smallest absolute Gasteiger partial charge is 0.191 e. The van der Waals surface area contributed by atoms with Gasteiger partial charge in [0.05, 0.1) is 27.3 Å². The van der Waals surface area contributed by atoms with Gasteiger partial charge in [-0.15, -0.1) is 24.0 Å². The number of rotatable bonds is 9. The maximum Gasteiger partial charge on any atom is 0.191 e. The summed E-state index contributed by atoms with van der Waals surface area (Å²) in [5, 5.41) is 6.44. The number of nitrogens with one attached hydrogen (secondary N) is 2. The molecule has 0 aliphatic rings. The molecule has 0 aliphatic carbocycles. The fraction of sp³-hybridized carbons (Fsp3) is 0.381. The molecular formula is C21H29FIN3O3. The van der Waals surface area contributed by atoms with E-state index < -0.39 is 0 Å². The van der Waals surface area contributed by atoms with Crippen molar-refractivity contribution in [1.82, 2.24) is 10.6 Å². The second-order valence-corrected chi connectivity index (χ2v) is 6.15. The summed E-state index contributed by atoms with van der Waals surface area (Å²) in [5.74, 6) is 2.21. The summed E-state index contributed by atoms with van der Waals surface area (Å²) >= 11 is 0. The first-order chi connectivity index (χ1) is 13.5. The summed E-state index contributed by atoms with van der Waals surface area (Å²) in [5.41, 5.74) is 0.999. The largest absolute Gasteiger partial charge is 0.493 e. The van der Waals surface area contributed by atoms with Crippen molar-refractivity contribution in [2.45, 2.75) is 26.5 Å². The van der Waals surface area contributed by atoms with Gasteiger partial charge >= 0.3 is 0 Å². The van der Waals surface area contributed by atoms with E-state index in [-0.39, 0.29) is 35.9 Å². The van der Waals surface area contributed by atoms with E-state index in [2.05, 4.69) is 15.6 Å². The van der Waals surface area contributed by atoms with Gasteiger partial charge in [-0.05, 0) is 43.7 Å². The van der Waals surface area contributed by atoms with Crippen LogP contribution in [0.4, 0.5) is 4.39 Å². The van der Waals surface area contributed by atoms with Crippen molar-refractivity contribution in [3.05, 3.63) is 53.8 Å². The lowest BCUT2D eigenvalue weighted by atomic mass is 10.2. The number of hydrogen-bond donors (Lipinski definition) is 2. The van der Waals surface area contributed by atoms with Crippen molar-refractivity contribution in [2.75, 3.05) is 27.3 Å². The number of hydrogen-bond acceptors (Lipinski definition) is 4. The van der Waals surface area contributed by atoms with Gasteiger partial charge in [0.2, 0.25) is 0 Å². The molecule has 0 aromatic heterocycles. The Labute approximate surface area is 188 Å². The van der Waals surface area contributed by atoms with Crippen LogP contribution in [0, 0.1) is 5.82 Å². The quantitative estimate of drug-likeness (QED) is 0.300. The number of benzene rings is 2. The van der Waals surface area contributed by atoms with Crippen LogP contribution in [0.5, 0.6) is 17.2 Å². The standard InChI is InChI=1S/C21H28FN3O3.HI/c1-5-23-21(24-13-15(2)28-18-8-6-7-17(22)12-18)25-14-16-9-10-19(26-3)20(11-16)27-4;/h6-12,15H,5,13-14H2,1-4H3,(H2,23,24,25);1H. The summed E-state index contributed by atoms with van der Waals surface area (Å²) in [7, 11) is 3.21. The van der Waals surface area contributed by atoms with E-state index in [1.165, 1.54) is 12.1 Å². The highest BCUT2D eigenvalue weighted by Crippen LogP contribution is 2.27. The van der Waals surface area contributed by atoms with Crippen LogP contribution in [0.1, 0.15) is 19.4 Å². The Morgan fingerprint density at radius 2 is 1.83 bits per heavy atom. The lowest BCUT2D eigenvalue weighted by Crippen LogP contribution is -2.41. The number of halogens is 2. The Morgan fingerprint density at radius 1 is 1.07 bits per heavy atom. The molecule has 0 saturated heterocycles. The van der Waals surface area contributed by atoms with Crippen molar-refractivity contribution in [1.29, 1.82) is 0 Å². The van der Waals surface area contributed by atoms with E-state index in [9.17, 15) is 4.39 Å². The van der Waals surface area contributed by atoms with Crippen LogP contribution in [-0.4, -0.2) is 39.4 Å². The summed E-state index contributed by atoms with van der Waals surface area (Å²) in [6.07, 6.45) is -0.160. The van der Waals surface area contributed by atoms with Gasteiger partial charge in [0.15, 0.2) is 17.5 Å². The topological polar surface area (TPSA) is 64.1 Å². The van der Waals surface area contributed by atoms with Crippen LogP contribution < -0.4 is 24.8 Å². The molecule has 0 radical (unpaired) electrons. The van der Waals surface area contributed by atoms with E-state index in [0.717, 1.165) is 12.1 Å². The Bertz CT molecular complexity index is 790. The van der Waals surface area contributed by atoms with Crippen LogP contribution in [0.2, 0.25) is 0 Å². The zero-order valence-electron chi connectivity index (χ0n) is 17.2. The molecular weight excluding hydrogens is 488 g/mol. The SMILES string of the molecule is CCNC(=NCc1ccc(OC)c(OC)c1)NCC(C)Oc1cccc(F)c1.I. The highest BCUT2D eigenvalue weighted by molar-refractivity contribution is 14.0. The van der Waals surface area contributed by atoms with Gasteiger partial charge in [0.1, 0.15) is 17.7 Å². The second-order valence-electron chi connectivity index (χ2n) is 6.15. The van der Waals surface area contributed by atoms with E-state index in [1.807, 2.05) is 32.0 Å². The van der Waals surface area contributed by atoms with E-state index >= 15 is 0 Å². The third kappa shape index (κ3) is 8.35. The average molecular weight is 517 g/mol. The van der Waals surface area contributed by atoms with Gasteiger partial charge in [-0.2, -0.15) is 0 Å². The molecule has 0 fully saturated rings. The van der Waals surface area contributed by atoms with E-state index in [4.69, 9.17) is 14.2 Å². The van der Waals surface area contributed by atoms with E-state index in [0.29, 0.717) is 36.3 Å². The minimum atomic E-state index is -0.317. The molecule has 0 saturated carbocycles. The third-order valence-electron chi connectivity index (χ3n) is 3.90. The fourth-order valence-electron chi connectivity index (χ4n) is 2.55. The maximum absolute atomic E-state index is 13.3. The highest BCUT2D eigenvalue weighted by Gasteiger charge is 2.08. The summed E-state index contributed by atoms with van der Waals surface area (Å²) < 4.78 is 29.6. The molecule has 2 aromatic rings. The van der Waals surface area contributed by atoms with Crippen LogP contribution in [-0.2, 0) is 6.54 Å². The summed E-state index contributed by atoms with van der Waals surface area (Å²) in [4.78, 5) is 4.59. The van der Waals surface area contributed by atoms with Gasteiger partial charge in [0.25, 0.3) is 0 Å². The molecule has 1 unspecified atom stereocenters. The number of methoxy groups -OCH3 is 2. The monoisotopic (exact) mass is 517 g/mol. The molecule has 0 spiro atoms. The third-order valence-corrected chi connectivity index (χ3v) is 3.90. The first kappa shape index (κ1) is 24.8. The minimum absolute atomic E-state index is 0. The molecule has 8 heteroatoms. The van der Waals surface area contributed by atoms with Gasteiger partial charge in [0, 0.05) is 12.6 Å². The van der Waals surface area contributed by atoms with Crippen LogP contribution in [0.15, 0.2) is 47.5 Å². The molecule has 2 rings (SSSR count). The molecule has 2 aromatic carbocycles. The van der Waals surface area contributed by atoms with Crippen molar-refractivity contribution < 1.29 is 18.6 Å². The Kier molecular flexibility index (Phi) is 11.2. The Morgan fingerprint density at radius 3 is 2.48 bits per heavy atom. The molecule has 29 heavy (non-hydrogen) atoms. The van der Waals surface area contributed by atoms with Crippen LogP contribution in [0.3, 0.4) is 0 Å². The fourth-order valence-corrected chi connectivity index (χ4v) is 2.55. The molecule has 2 N–H and O–H groups in total. The van der Waals surface area contributed by atoms with Crippen LogP contribution >= 0.6 is 24.0 Å². The van der Waals surface area contributed by atoms with Crippen molar-refractivity contribution >= 4 is 29.9 Å². The molecule has 1 atom stereocenters. The van der Waals surface area contributed by atoms with E-state index in [1.54, 1.807) is 26.4 Å². The maximum atomic E-state index is 13.3. The number of ether oxygens (including phenoxy) is 3. The Balaban J connectivity index is 0.00000420. The molecule has 160 valence electrons. The van der Waals surface area contributed by atoms with Crippen molar-refractivity contribution in [2.24, 2.45) is 4.99 Å². The lowest BCUT2D eigenvalue weighted by Gasteiger charge is -2.18. The minimum Gasteiger partial charge on any atom is -0.493 e. The number of guanidine groups is 1. The normalized spacial score (nSPS) is 11.8. The zero-order valence-corrected chi connectivity index (χ0v) is 19.5. The molecule has 0 bridgehead atoms. The van der Waals surface area contributed by atoms with Gasteiger partial charge in [-0.25, -0.2) is 9.38 Å². The molecule has 6 nitrogen and oxygen atoms in total. The number of aliphatic imine (C=N–C) groups is 1. The summed E-state index contributed by atoms with van der Waals surface area (Å²) in [6.45, 7) is 5.65. The van der Waals surface area contributed by atoms with Gasteiger partial charge in [-0.3, -0.25) is 0 Å². The first-order valence-electron chi connectivity index (χ1n) is 9.21.